The van der Waals surface area contributed by atoms with Crippen molar-refractivity contribution < 1.29 is 0 Å². The third-order valence-electron chi connectivity index (χ3n) is 6.73. The minimum absolute atomic E-state index is 1.17. The molecule has 0 aliphatic heterocycles. The van der Waals surface area contributed by atoms with Crippen LogP contribution in [0.15, 0.2) is 134 Å². The first-order valence-corrected chi connectivity index (χ1v) is 11.6. The maximum absolute atomic E-state index is 2.38. The number of fused-ring (bicyclic) bond motifs is 5. The first-order chi connectivity index (χ1) is 16.9. The predicted molar refractivity (Wildman–Crippen MR) is 143 cm³/mol. The molecule has 0 saturated carbocycles. The fraction of sp³-hybridized carbons (Fsp3) is 0. The van der Waals surface area contributed by atoms with E-state index < -0.39 is 0 Å². The van der Waals surface area contributed by atoms with Crippen LogP contribution in [0.1, 0.15) is 0 Å². The highest BCUT2D eigenvalue weighted by Gasteiger charge is 2.17. The Bertz CT molecular complexity index is 1790. The fourth-order valence-electron chi connectivity index (χ4n) is 5.22. The Kier molecular flexibility index (Phi) is 4.18. The SMILES string of the molecule is c1ccc(-c2cccc(-n3ccc4ccc5c(c6ccccc6n5-c5ccccc5)c43)c2)cc1. The van der Waals surface area contributed by atoms with Gasteiger partial charge in [0, 0.05) is 33.7 Å². The molecule has 2 heterocycles. The quantitative estimate of drug-likeness (QED) is 0.264. The van der Waals surface area contributed by atoms with Crippen molar-refractivity contribution in [3.05, 3.63) is 134 Å². The van der Waals surface area contributed by atoms with E-state index in [0.717, 1.165) is 0 Å². The van der Waals surface area contributed by atoms with E-state index in [1.54, 1.807) is 0 Å². The summed E-state index contributed by atoms with van der Waals surface area (Å²) in [5.74, 6) is 0. The number of hydrogen-bond acceptors (Lipinski definition) is 0. The molecule has 0 fully saturated rings. The lowest BCUT2D eigenvalue weighted by Gasteiger charge is -2.10. The molecule has 0 N–H and O–H groups in total. The maximum atomic E-state index is 2.38. The van der Waals surface area contributed by atoms with Gasteiger partial charge in [-0.25, -0.2) is 0 Å². The summed E-state index contributed by atoms with van der Waals surface area (Å²) in [6.07, 6.45) is 2.20. The van der Waals surface area contributed by atoms with E-state index in [-0.39, 0.29) is 0 Å². The lowest BCUT2D eigenvalue weighted by atomic mass is 10.0. The molecular weight excluding hydrogens is 412 g/mol. The molecule has 0 spiro atoms. The molecule has 7 aromatic rings. The molecule has 0 atom stereocenters. The number of nitrogens with zero attached hydrogens (tertiary/aromatic N) is 2. The zero-order valence-electron chi connectivity index (χ0n) is 18.6. The minimum Gasteiger partial charge on any atom is -0.316 e. The van der Waals surface area contributed by atoms with Gasteiger partial charge >= 0.3 is 0 Å². The van der Waals surface area contributed by atoms with Crippen molar-refractivity contribution in [3.8, 4) is 22.5 Å². The Morgan fingerprint density at radius 3 is 2.03 bits per heavy atom. The summed E-state index contributed by atoms with van der Waals surface area (Å²) in [5, 5.41) is 3.80. The highest BCUT2D eigenvalue weighted by molar-refractivity contribution is 6.20. The Morgan fingerprint density at radius 2 is 1.18 bits per heavy atom. The second-order valence-corrected chi connectivity index (χ2v) is 8.69. The van der Waals surface area contributed by atoms with Crippen LogP contribution >= 0.6 is 0 Å². The summed E-state index contributed by atoms with van der Waals surface area (Å²) in [5.41, 5.74) is 8.48. The largest absolute Gasteiger partial charge is 0.316 e. The third-order valence-corrected chi connectivity index (χ3v) is 6.73. The molecule has 160 valence electrons. The van der Waals surface area contributed by atoms with Crippen LogP contribution in [0.5, 0.6) is 0 Å². The van der Waals surface area contributed by atoms with Gasteiger partial charge in [0.1, 0.15) is 0 Å². The van der Waals surface area contributed by atoms with Gasteiger partial charge in [-0.2, -0.15) is 0 Å². The molecule has 0 saturated heterocycles. The topological polar surface area (TPSA) is 9.86 Å². The summed E-state index contributed by atoms with van der Waals surface area (Å²) < 4.78 is 4.72. The summed E-state index contributed by atoms with van der Waals surface area (Å²) >= 11 is 0. The Labute approximate surface area is 197 Å². The van der Waals surface area contributed by atoms with Crippen molar-refractivity contribution in [2.24, 2.45) is 0 Å². The molecule has 0 aliphatic rings. The number of para-hydroxylation sites is 2. The summed E-state index contributed by atoms with van der Waals surface area (Å²) in [6.45, 7) is 0. The van der Waals surface area contributed by atoms with Gasteiger partial charge < -0.3 is 9.13 Å². The van der Waals surface area contributed by atoms with Gasteiger partial charge in [0.15, 0.2) is 0 Å². The van der Waals surface area contributed by atoms with Crippen LogP contribution in [0.25, 0.3) is 55.2 Å². The second-order valence-electron chi connectivity index (χ2n) is 8.69. The standard InChI is InChI=1S/C32H22N2/c1-3-10-23(11-4-1)25-12-9-15-27(22-25)33-21-20-24-18-19-30-31(32(24)33)28-16-7-8-17-29(28)34(30)26-13-5-2-6-14-26/h1-22H. The average molecular weight is 435 g/mol. The highest BCUT2D eigenvalue weighted by atomic mass is 15.0. The van der Waals surface area contributed by atoms with Crippen LogP contribution < -0.4 is 0 Å². The second kappa shape index (κ2) is 7.50. The number of benzene rings is 5. The summed E-state index contributed by atoms with van der Waals surface area (Å²) in [6, 6.07) is 45.5. The van der Waals surface area contributed by atoms with Crippen LogP contribution in [-0.2, 0) is 0 Å². The van der Waals surface area contributed by atoms with Crippen LogP contribution in [-0.4, -0.2) is 9.13 Å². The lowest BCUT2D eigenvalue weighted by molar-refractivity contribution is 1.13. The third kappa shape index (κ3) is 2.82. The molecule has 0 aliphatic carbocycles. The Morgan fingerprint density at radius 1 is 0.471 bits per heavy atom. The monoisotopic (exact) mass is 434 g/mol. The van der Waals surface area contributed by atoms with Crippen LogP contribution in [0.3, 0.4) is 0 Å². The molecule has 0 amide bonds. The molecule has 2 nitrogen and oxygen atoms in total. The van der Waals surface area contributed by atoms with Crippen LogP contribution in [0, 0.1) is 0 Å². The van der Waals surface area contributed by atoms with Gasteiger partial charge in [0.05, 0.1) is 16.6 Å². The van der Waals surface area contributed by atoms with Gasteiger partial charge in [0.25, 0.3) is 0 Å². The summed E-state index contributed by atoms with van der Waals surface area (Å²) in [4.78, 5) is 0. The van der Waals surface area contributed by atoms with Crippen molar-refractivity contribution in [1.29, 1.82) is 0 Å². The number of rotatable bonds is 3. The van der Waals surface area contributed by atoms with E-state index in [1.165, 1.54) is 55.2 Å². The molecular formula is C32H22N2. The lowest BCUT2D eigenvalue weighted by Crippen LogP contribution is -1.94. The normalized spacial score (nSPS) is 11.5. The van der Waals surface area contributed by atoms with Crippen LogP contribution in [0.2, 0.25) is 0 Å². The average Bonchev–Trinajstić information content (AvgIpc) is 3.49. The van der Waals surface area contributed by atoms with Crippen molar-refractivity contribution in [2.45, 2.75) is 0 Å². The van der Waals surface area contributed by atoms with Gasteiger partial charge in [0.2, 0.25) is 0 Å². The number of hydrogen-bond donors (Lipinski definition) is 0. The maximum Gasteiger partial charge on any atom is 0.0628 e. The molecule has 7 rings (SSSR count). The van der Waals surface area contributed by atoms with Crippen molar-refractivity contribution in [2.75, 3.05) is 0 Å². The van der Waals surface area contributed by atoms with Gasteiger partial charge in [-0.05, 0) is 53.6 Å². The molecule has 34 heavy (non-hydrogen) atoms. The Hall–Kier alpha value is -4.56. The summed E-state index contributed by atoms with van der Waals surface area (Å²) in [7, 11) is 0. The molecule has 2 aromatic heterocycles. The molecule has 5 aromatic carbocycles. The van der Waals surface area contributed by atoms with Gasteiger partial charge in [-0.3, -0.25) is 0 Å². The minimum atomic E-state index is 1.17. The molecule has 0 unspecified atom stereocenters. The van der Waals surface area contributed by atoms with Crippen molar-refractivity contribution in [1.82, 2.24) is 9.13 Å². The van der Waals surface area contributed by atoms with E-state index in [4.69, 9.17) is 0 Å². The van der Waals surface area contributed by atoms with Crippen molar-refractivity contribution >= 4 is 32.7 Å². The molecule has 2 heteroatoms. The highest BCUT2D eigenvalue weighted by Crippen LogP contribution is 2.38. The first kappa shape index (κ1) is 19.0. The molecule has 0 radical (unpaired) electrons. The Balaban J connectivity index is 1.55. The van der Waals surface area contributed by atoms with Crippen LogP contribution in [0.4, 0.5) is 0 Å². The van der Waals surface area contributed by atoms with Crippen molar-refractivity contribution in [3.63, 3.8) is 0 Å². The van der Waals surface area contributed by atoms with E-state index in [9.17, 15) is 0 Å². The first-order valence-electron chi connectivity index (χ1n) is 11.6. The fourth-order valence-corrected chi connectivity index (χ4v) is 5.22. The van der Waals surface area contributed by atoms with Gasteiger partial charge in [-0.1, -0.05) is 84.9 Å². The van der Waals surface area contributed by atoms with E-state index in [1.807, 2.05) is 0 Å². The van der Waals surface area contributed by atoms with E-state index in [0.29, 0.717) is 0 Å². The van der Waals surface area contributed by atoms with Gasteiger partial charge in [-0.15, -0.1) is 0 Å². The number of aromatic nitrogens is 2. The zero-order chi connectivity index (χ0) is 22.5. The van der Waals surface area contributed by atoms with E-state index in [2.05, 4.69) is 143 Å². The zero-order valence-corrected chi connectivity index (χ0v) is 18.6. The predicted octanol–water partition coefficient (Wildman–Crippen LogP) is 8.39. The smallest absolute Gasteiger partial charge is 0.0628 e. The van der Waals surface area contributed by atoms with E-state index >= 15 is 0 Å². The molecule has 0 bridgehead atoms.